The number of aryl methyl sites for hydroxylation is 1. The number of aromatic nitrogens is 2. The fourth-order valence-electron chi connectivity index (χ4n) is 1.30. The number of nitrogens with zero attached hydrogens (tertiary/aromatic N) is 2. The van der Waals surface area contributed by atoms with Crippen LogP contribution >= 0.6 is 11.6 Å². The maximum Gasteiger partial charge on any atom is 0.155 e. The van der Waals surface area contributed by atoms with Crippen LogP contribution < -0.4 is 5.73 Å². The molecule has 0 amide bonds. The van der Waals surface area contributed by atoms with Gasteiger partial charge in [0.15, 0.2) is 5.15 Å². The molecule has 0 saturated carbocycles. The van der Waals surface area contributed by atoms with Crippen molar-refractivity contribution in [3.05, 3.63) is 29.2 Å². The van der Waals surface area contributed by atoms with E-state index in [4.69, 9.17) is 17.3 Å². The van der Waals surface area contributed by atoms with Crippen LogP contribution in [0.5, 0.6) is 0 Å². The number of pyridine rings is 1. The van der Waals surface area contributed by atoms with Gasteiger partial charge in [0.2, 0.25) is 0 Å². The normalized spacial score (nSPS) is 10.8. The molecule has 0 atom stereocenters. The first-order valence-corrected chi connectivity index (χ1v) is 3.97. The van der Waals surface area contributed by atoms with E-state index in [1.807, 2.05) is 29.5 Å². The Balaban J connectivity index is 2.99. The molecule has 0 bridgehead atoms. The summed E-state index contributed by atoms with van der Waals surface area (Å²) in [4.78, 5) is 4.10. The van der Waals surface area contributed by atoms with Crippen molar-refractivity contribution in [2.45, 2.75) is 6.92 Å². The standard InChI is InChI=1S/C8H8ClN3/c1-5-11-8(9)6-3-2-4-7(10)12(5)6/h2-4H,10H2,1H3. The molecule has 0 fully saturated rings. The zero-order chi connectivity index (χ0) is 8.72. The highest BCUT2D eigenvalue weighted by atomic mass is 35.5. The molecule has 2 rings (SSSR count). The number of anilines is 1. The molecule has 0 radical (unpaired) electrons. The Morgan fingerprint density at radius 2 is 2.25 bits per heavy atom. The minimum atomic E-state index is 0.500. The summed E-state index contributed by atoms with van der Waals surface area (Å²) in [7, 11) is 0. The lowest BCUT2D eigenvalue weighted by molar-refractivity contribution is 1.05. The molecule has 0 spiro atoms. The molecule has 12 heavy (non-hydrogen) atoms. The Kier molecular flexibility index (Phi) is 1.48. The van der Waals surface area contributed by atoms with Gasteiger partial charge >= 0.3 is 0 Å². The van der Waals surface area contributed by atoms with E-state index in [1.165, 1.54) is 0 Å². The van der Waals surface area contributed by atoms with Gasteiger partial charge in [-0.3, -0.25) is 4.40 Å². The predicted octanol–water partition coefficient (Wildman–Crippen LogP) is 1.88. The van der Waals surface area contributed by atoms with Gasteiger partial charge in [0, 0.05) is 0 Å². The van der Waals surface area contributed by atoms with Gasteiger partial charge in [-0.25, -0.2) is 4.98 Å². The lowest BCUT2D eigenvalue weighted by Crippen LogP contribution is -1.97. The predicted molar refractivity (Wildman–Crippen MR) is 49.4 cm³/mol. The average molecular weight is 182 g/mol. The molecule has 0 aliphatic rings. The van der Waals surface area contributed by atoms with Gasteiger partial charge in [0.1, 0.15) is 11.6 Å². The summed E-state index contributed by atoms with van der Waals surface area (Å²) in [5.74, 6) is 1.47. The molecule has 62 valence electrons. The molecular formula is C8H8ClN3. The first kappa shape index (κ1) is 7.43. The topological polar surface area (TPSA) is 43.3 Å². The Morgan fingerprint density at radius 3 is 2.92 bits per heavy atom. The van der Waals surface area contributed by atoms with Gasteiger partial charge in [-0.2, -0.15) is 0 Å². The van der Waals surface area contributed by atoms with Crippen LogP contribution in [0.25, 0.3) is 5.52 Å². The van der Waals surface area contributed by atoms with E-state index in [-0.39, 0.29) is 0 Å². The number of hydrogen-bond acceptors (Lipinski definition) is 2. The van der Waals surface area contributed by atoms with Crippen molar-refractivity contribution in [1.29, 1.82) is 0 Å². The van der Waals surface area contributed by atoms with E-state index >= 15 is 0 Å². The van der Waals surface area contributed by atoms with E-state index in [9.17, 15) is 0 Å². The number of nitrogens with two attached hydrogens (primary N) is 1. The average Bonchev–Trinajstić information content (AvgIpc) is 2.29. The number of hydrogen-bond donors (Lipinski definition) is 1. The third kappa shape index (κ3) is 0.865. The maximum atomic E-state index is 5.86. The minimum absolute atomic E-state index is 0.500. The van der Waals surface area contributed by atoms with Crippen LogP contribution in [-0.4, -0.2) is 9.38 Å². The van der Waals surface area contributed by atoms with Crippen LogP contribution in [-0.2, 0) is 0 Å². The van der Waals surface area contributed by atoms with Gasteiger partial charge in [0.05, 0.1) is 5.52 Å². The lowest BCUT2D eigenvalue weighted by atomic mass is 10.4. The van der Waals surface area contributed by atoms with Crippen molar-refractivity contribution in [3.63, 3.8) is 0 Å². The van der Waals surface area contributed by atoms with Gasteiger partial charge in [0.25, 0.3) is 0 Å². The summed E-state index contributed by atoms with van der Waals surface area (Å²) >= 11 is 5.86. The fourth-order valence-corrected chi connectivity index (χ4v) is 1.57. The fraction of sp³-hybridized carbons (Fsp3) is 0.125. The highest BCUT2D eigenvalue weighted by Gasteiger charge is 2.06. The summed E-state index contributed by atoms with van der Waals surface area (Å²) in [5.41, 5.74) is 6.59. The van der Waals surface area contributed by atoms with Crippen LogP contribution in [0, 0.1) is 6.92 Å². The van der Waals surface area contributed by atoms with Gasteiger partial charge in [-0.05, 0) is 19.1 Å². The van der Waals surface area contributed by atoms with Crippen molar-refractivity contribution < 1.29 is 0 Å². The molecule has 2 heterocycles. The highest BCUT2D eigenvalue weighted by molar-refractivity contribution is 6.32. The largest absolute Gasteiger partial charge is 0.385 e. The molecule has 2 aromatic rings. The number of halogens is 1. The minimum Gasteiger partial charge on any atom is -0.385 e. The molecule has 2 N–H and O–H groups in total. The van der Waals surface area contributed by atoms with Gasteiger partial charge < -0.3 is 5.73 Å². The second-order valence-corrected chi connectivity index (χ2v) is 2.98. The molecule has 0 saturated heterocycles. The third-order valence-corrected chi connectivity index (χ3v) is 2.09. The molecule has 0 aromatic carbocycles. The van der Waals surface area contributed by atoms with Crippen molar-refractivity contribution in [2.24, 2.45) is 0 Å². The SMILES string of the molecule is Cc1nc(Cl)c2cccc(N)n12. The number of fused-ring (bicyclic) bond motifs is 1. The molecular weight excluding hydrogens is 174 g/mol. The number of imidazole rings is 1. The molecule has 0 unspecified atom stereocenters. The lowest BCUT2D eigenvalue weighted by Gasteiger charge is -1.99. The van der Waals surface area contributed by atoms with Crippen LogP contribution in [0.1, 0.15) is 5.82 Å². The van der Waals surface area contributed by atoms with Crippen molar-refractivity contribution in [2.75, 3.05) is 5.73 Å². The zero-order valence-electron chi connectivity index (χ0n) is 6.58. The maximum absolute atomic E-state index is 5.86. The molecule has 3 nitrogen and oxygen atoms in total. The van der Waals surface area contributed by atoms with Crippen LogP contribution in [0.2, 0.25) is 5.15 Å². The smallest absolute Gasteiger partial charge is 0.155 e. The third-order valence-electron chi connectivity index (χ3n) is 1.82. The number of nitrogen functional groups attached to an aromatic ring is 1. The molecule has 2 aromatic heterocycles. The Hall–Kier alpha value is -1.22. The van der Waals surface area contributed by atoms with Gasteiger partial charge in [-0.1, -0.05) is 17.7 Å². The first-order chi connectivity index (χ1) is 5.70. The van der Waals surface area contributed by atoms with Crippen LogP contribution in [0.4, 0.5) is 5.82 Å². The second kappa shape index (κ2) is 2.38. The van der Waals surface area contributed by atoms with Crippen LogP contribution in [0.15, 0.2) is 18.2 Å². The second-order valence-electron chi connectivity index (χ2n) is 2.62. The van der Waals surface area contributed by atoms with E-state index in [0.29, 0.717) is 11.0 Å². The molecule has 4 heteroatoms. The first-order valence-electron chi connectivity index (χ1n) is 3.59. The Morgan fingerprint density at radius 1 is 1.50 bits per heavy atom. The van der Waals surface area contributed by atoms with Crippen LogP contribution in [0.3, 0.4) is 0 Å². The summed E-state index contributed by atoms with van der Waals surface area (Å²) in [6.45, 7) is 1.87. The monoisotopic (exact) mass is 181 g/mol. The molecule has 0 aliphatic heterocycles. The van der Waals surface area contributed by atoms with E-state index in [1.54, 1.807) is 0 Å². The van der Waals surface area contributed by atoms with Gasteiger partial charge in [-0.15, -0.1) is 0 Å². The van der Waals surface area contributed by atoms with E-state index < -0.39 is 0 Å². The summed E-state index contributed by atoms with van der Waals surface area (Å²) in [5, 5.41) is 0.500. The van der Waals surface area contributed by atoms with Crippen molar-refractivity contribution in [1.82, 2.24) is 9.38 Å². The Bertz CT molecular complexity index is 433. The summed E-state index contributed by atoms with van der Waals surface area (Å²) in [6.07, 6.45) is 0. The number of rotatable bonds is 0. The quantitative estimate of drug-likeness (QED) is 0.675. The summed E-state index contributed by atoms with van der Waals surface area (Å²) in [6, 6.07) is 5.56. The van der Waals surface area contributed by atoms with E-state index in [0.717, 1.165) is 11.3 Å². The highest BCUT2D eigenvalue weighted by Crippen LogP contribution is 2.20. The van der Waals surface area contributed by atoms with Crippen molar-refractivity contribution >= 4 is 22.9 Å². The summed E-state index contributed by atoms with van der Waals surface area (Å²) < 4.78 is 1.82. The van der Waals surface area contributed by atoms with E-state index in [2.05, 4.69) is 4.98 Å². The van der Waals surface area contributed by atoms with Crippen molar-refractivity contribution in [3.8, 4) is 0 Å². The zero-order valence-corrected chi connectivity index (χ0v) is 7.34. The Labute approximate surface area is 74.8 Å². The molecule has 0 aliphatic carbocycles.